The van der Waals surface area contributed by atoms with Crippen LogP contribution in [0.5, 0.6) is 0 Å². The number of H-pyrrole nitrogens is 1. The Kier molecular flexibility index (Phi) is 6.54. The fourth-order valence-electron chi connectivity index (χ4n) is 4.27. The number of nitrogens with one attached hydrogen (secondary N) is 1. The van der Waals surface area contributed by atoms with E-state index in [2.05, 4.69) is 51.0 Å². The van der Waals surface area contributed by atoms with Gasteiger partial charge < -0.3 is 9.88 Å². The van der Waals surface area contributed by atoms with Crippen molar-refractivity contribution in [2.24, 2.45) is 5.92 Å². The van der Waals surface area contributed by atoms with E-state index in [1.54, 1.807) is 6.20 Å². The third kappa shape index (κ3) is 4.76. The van der Waals surface area contributed by atoms with Crippen LogP contribution in [0.2, 0.25) is 0 Å². The van der Waals surface area contributed by atoms with Crippen molar-refractivity contribution >= 4 is 5.91 Å². The highest BCUT2D eigenvalue weighted by molar-refractivity contribution is 5.80. The molecule has 156 valence electrons. The van der Waals surface area contributed by atoms with Crippen molar-refractivity contribution in [3.8, 4) is 11.1 Å². The first-order valence-corrected chi connectivity index (χ1v) is 10.7. The van der Waals surface area contributed by atoms with Gasteiger partial charge in [0, 0.05) is 51.0 Å². The first-order valence-electron chi connectivity index (χ1n) is 10.7. The average Bonchev–Trinajstić information content (AvgIpc) is 3.24. The molecule has 1 aliphatic rings. The Labute approximate surface area is 178 Å². The first kappa shape index (κ1) is 20.3. The molecule has 6 nitrogen and oxygen atoms in total. The molecule has 0 spiro atoms. The van der Waals surface area contributed by atoms with Gasteiger partial charge in [-0.1, -0.05) is 31.2 Å². The number of aromatic amines is 1. The van der Waals surface area contributed by atoms with E-state index in [4.69, 9.17) is 0 Å². The smallest absolute Gasteiger partial charge is 0.227 e. The number of aromatic nitrogens is 3. The number of hydrogen-bond acceptors (Lipinski definition) is 4. The lowest BCUT2D eigenvalue weighted by Gasteiger charge is -2.24. The van der Waals surface area contributed by atoms with Gasteiger partial charge in [-0.15, -0.1) is 0 Å². The third-order valence-electron chi connectivity index (χ3n) is 5.72. The number of benzene rings is 1. The second-order valence-corrected chi connectivity index (χ2v) is 7.89. The maximum atomic E-state index is 13.4. The molecule has 3 aromatic rings. The summed E-state index contributed by atoms with van der Waals surface area (Å²) < 4.78 is 0. The number of amides is 1. The summed E-state index contributed by atoms with van der Waals surface area (Å²) in [4.78, 5) is 29.5. The predicted molar refractivity (Wildman–Crippen MR) is 118 cm³/mol. The molecule has 1 aliphatic heterocycles. The van der Waals surface area contributed by atoms with E-state index in [0.717, 1.165) is 57.0 Å². The predicted octanol–water partition coefficient (Wildman–Crippen LogP) is 3.38. The highest BCUT2D eigenvalue weighted by Gasteiger charge is 2.30. The van der Waals surface area contributed by atoms with E-state index >= 15 is 0 Å². The molecule has 3 heterocycles. The highest BCUT2D eigenvalue weighted by Crippen LogP contribution is 2.27. The van der Waals surface area contributed by atoms with Crippen molar-refractivity contribution in [1.82, 2.24) is 24.8 Å². The number of pyridine rings is 1. The lowest BCUT2D eigenvalue weighted by molar-refractivity contribution is -0.134. The van der Waals surface area contributed by atoms with Crippen LogP contribution in [0.1, 0.15) is 24.7 Å². The van der Waals surface area contributed by atoms with E-state index in [1.165, 1.54) is 11.1 Å². The molecular weight excluding hydrogens is 374 g/mol. The molecule has 0 aliphatic carbocycles. The summed E-state index contributed by atoms with van der Waals surface area (Å²) in [6, 6.07) is 12.5. The molecule has 1 fully saturated rings. The molecule has 30 heavy (non-hydrogen) atoms. The Hall–Kier alpha value is -2.99. The Bertz CT molecular complexity index is 941. The Balaban J connectivity index is 1.59. The maximum Gasteiger partial charge on any atom is 0.227 e. The van der Waals surface area contributed by atoms with Crippen molar-refractivity contribution in [1.29, 1.82) is 0 Å². The van der Waals surface area contributed by atoms with Gasteiger partial charge in [0.2, 0.25) is 5.91 Å². The molecule has 1 aromatic carbocycles. The van der Waals surface area contributed by atoms with E-state index in [9.17, 15) is 4.79 Å². The Morgan fingerprint density at radius 2 is 1.93 bits per heavy atom. The minimum Gasteiger partial charge on any atom is -0.348 e. The number of imidazole rings is 1. The molecule has 0 radical (unpaired) electrons. The zero-order valence-corrected chi connectivity index (χ0v) is 17.5. The van der Waals surface area contributed by atoms with Gasteiger partial charge in [-0.25, -0.2) is 4.98 Å². The summed E-state index contributed by atoms with van der Waals surface area (Å²) in [6.07, 6.45) is 8.97. The molecule has 1 unspecified atom stereocenters. The van der Waals surface area contributed by atoms with Gasteiger partial charge >= 0.3 is 0 Å². The molecule has 0 saturated carbocycles. The summed E-state index contributed by atoms with van der Waals surface area (Å²) in [5.74, 6) is 1.14. The van der Waals surface area contributed by atoms with Gasteiger partial charge in [0.1, 0.15) is 5.82 Å². The van der Waals surface area contributed by atoms with E-state index < -0.39 is 0 Å². The van der Waals surface area contributed by atoms with Crippen LogP contribution in [0.3, 0.4) is 0 Å². The van der Waals surface area contributed by atoms with Crippen molar-refractivity contribution in [3.63, 3.8) is 0 Å². The maximum absolute atomic E-state index is 13.4. The van der Waals surface area contributed by atoms with Gasteiger partial charge in [-0.2, -0.15) is 0 Å². The fraction of sp³-hybridized carbons (Fsp3) is 0.375. The van der Waals surface area contributed by atoms with Crippen LogP contribution >= 0.6 is 0 Å². The minimum absolute atomic E-state index is 0.0722. The monoisotopic (exact) mass is 403 g/mol. The molecule has 1 atom stereocenters. The van der Waals surface area contributed by atoms with Crippen LogP contribution in [0.25, 0.3) is 11.1 Å². The molecule has 6 heteroatoms. The number of carbonyl (C=O) groups excluding carboxylic acids is 1. The number of hydrogen-bond donors (Lipinski definition) is 1. The van der Waals surface area contributed by atoms with Crippen molar-refractivity contribution < 1.29 is 4.79 Å². The normalized spacial score (nSPS) is 17.8. The number of rotatable bonds is 7. The fourth-order valence-corrected chi connectivity index (χ4v) is 4.27. The quantitative estimate of drug-likeness (QED) is 0.657. The second kappa shape index (κ2) is 9.67. The zero-order chi connectivity index (χ0) is 20.8. The van der Waals surface area contributed by atoms with Crippen molar-refractivity contribution in [2.75, 3.05) is 26.2 Å². The molecule has 1 amide bonds. The summed E-state index contributed by atoms with van der Waals surface area (Å²) >= 11 is 0. The van der Waals surface area contributed by atoms with Crippen molar-refractivity contribution in [2.45, 2.75) is 26.3 Å². The summed E-state index contributed by atoms with van der Waals surface area (Å²) in [5.41, 5.74) is 3.52. The van der Waals surface area contributed by atoms with Gasteiger partial charge in [-0.05, 0) is 41.7 Å². The Morgan fingerprint density at radius 3 is 2.70 bits per heavy atom. The lowest BCUT2D eigenvalue weighted by Crippen LogP contribution is -2.37. The van der Waals surface area contributed by atoms with Gasteiger partial charge in [0.25, 0.3) is 0 Å². The minimum atomic E-state index is -0.0722. The highest BCUT2D eigenvalue weighted by atomic mass is 16.2. The zero-order valence-electron chi connectivity index (χ0n) is 17.5. The van der Waals surface area contributed by atoms with Crippen LogP contribution in [-0.2, 0) is 17.8 Å². The topological polar surface area (TPSA) is 65.1 Å². The van der Waals surface area contributed by atoms with E-state index in [1.807, 2.05) is 35.6 Å². The number of nitrogens with zero attached hydrogens (tertiary/aromatic N) is 4. The SMILES string of the molecule is CCCN1CCN(Cc2ncc[nH]2)CC(Cc2ccccc2-c2ccncc2)C1=O. The van der Waals surface area contributed by atoms with E-state index in [-0.39, 0.29) is 11.8 Å². The largest absolute Gasteiger partial charge is 0.348 e. The van der Waals surface area contributed by atoms with Gasteiger partial charge in [-0.3, -0.25) is 14.7 Å². The van der Waals surface area contributed by atoms with Crippen molar-refractivity contribution in [3.05, 3.63) is 72.6 Å². The van der Waals surface area contributed by atoms with Gasteiger partial charge in [0.15, 0.2) is 0 Å². The van der Waals surface area contributed by atoms with Crippen LogP contribution in [0.15, 0.2) is 61.2 Å². The molecule has 4 rings (SSSR count). The standard InChI is InChI=1S/C24H29N5O/c1-2-13-29-15-14-28(18-23-26-11-12-27-23)17-21(24(29)30)16-20-5-3-4-6-22(20)19-7-9-25-10-8-19/h3-12,21H,2,13-18H2,1H3,(H,26,27). The summed E-state index contributed by atoms with van der Waals surface area (Å²) in [5, 5.41) is 0. The van der Waals surface area contributed by atoms with E-state index in [0.29, 0.717) is 0 Å². The molecular formula is C24H29N5O. The lowest BCUT2D eigenvalue weighted by atomic mass is 9.91. The van der Waals surface area contributed by atoms with Crippen LogP contribution in [-0.4, -0.2) is 56.8 Å². The van der Waals surface area contributed by atoms with Crippen LogP contribution in [0, 0.1) is 5.92 Å². The molecule has 2 aromatic heterocycles. The first-order chi connectivity index (χ1) is 14.7. The Morgan fingerprint density at radius 1 is 1.10 bits per heavy atom. The van der Waals surface area contributed by atoms with Crippen LogP contribution in [0.4, 0.5) is 0 Å². The van der Waals surface area contributed by atoms with Crippen LogP contribution < -0.4 is 0 Å². The molecule has 1 N–H and O–H groups in total. The number of carbonyl (C=O) groups is 1. The molecule has 1 saturated heterocycles. The summed E-state index contributed by atoms with van der Waals surface area (Å²) in [7, 11) is 0. The summed E-state index contributed by atoms with van der Waals surface area (Å²) in [6.45, 7) is 6.07. The molecule has 0 bridgehead atoms. The average molecular weight is 404 g/mol. The second-order valence-electron chi connectivity index (χ2n) is 7.89. The van der Waals surface area contributed by atoms with Gasteiger partial charge in [0.05, 0.1) is 12.5 Å². The third-order valence-corrected chi connectivity index (χ3v) is 5.72.